The van der Waals surface area contributed by atoms with Crippen LogP contribution in [0.4, 0.5) is 0 Å². The fourth-order valence-electron chi connectivity index (χ4n) is 2.65. The second kappa shape index (κ2) is 7.36. The summed E-state index contributed by atoms with van der Waals surface area (Å²) in [5.74, 6) is -0.490. The first-order valence-electron chi connectivity index (χ1n) is 7.73. The molecule has 0 saturated carbocycles. The Hall–Kier alpha value is -1.94. The summed E-state index contributed by atoms with van der Waals surface area (Å²) in [7, 11) is 0. The van der Waals surface area contributed by atoms with Crippen molar-refractivity contribution >= 4 is 16.7 Å². The lowest BCUT2D eigenvalue weighted by atomic mass is 9.88. The molecular weight excluding hydrogens is 278 g/mol. The van der Waals surface area contributed by atoms with Crippen LogP contribution in [0.15, 0.2) is 36.5 Å². The molecule has 118 valence electrons. The highest BCUT2D eigenvalue weighted by atomic mass is 16.5. The van der Waals surface area contributed by atoms with Crippen molar-refractivity contribution in [3.8, 4) is 0 Å². The summed E-state index contributed by atoms with van der Waals surface area (Å²) < 4.78 is 5.12. The molecular formula is C18H23NO3. The monoisotopic (exact) mass is 301 g/mol. The van der Waals surface area contributed by atoms with Crippen molar-refractivity contribution < 1.29 is 14.6 Å². The lowest BCUT2D eigenvalue weighted by molar-refractivity contribution is -0.151. The zero-order valence-corrected chi connectivity index (χ0v) is 13.3. The molecule has 0 spiro atoms. The van der Waals surface area contributed by atoms with Gasteiger partial charge in [-0.15, -0.1) is 0 Å². The van der Waals surface area contributed by atoms with Crippen molar-refractivity contribution in [2.45, 2.75) is 33.3 Å². The molecule has 0 bridgehead atoms. The maximum Gasteiger partial charge on any atom is 0.309 e. The molecule has 0 saturated heterocycles. The summed E-state index contributed by atoms with van der Waals surface area (Å²) in [6.45, 7) is 6.07. The van der Waals surface area contributed by atoms with Crippen molar-refractivity contribution in [2.24, 2.45) is 11.8 Å². The normalized spacial score (nSPS) is 14.0. The van der Waals surface area contributed by atoms with Crippen molar-refractivity contribution in [3.05, 3.63) is 42.2 Å². The van der Waals surface area contributed by atoms with Gasteiger partial charge in [-0.3, -0.25) is 9.78 Å². The van der Waals surface area contributed by atoms with Gasteiger partial charge in [0.1, 0.15) is 0 Å². The topological polar surface area (TPSA) is 59.4 Å². The van der Waals surface area contributed by atoms with Crippen LogP contribution in [-0.4, -0.2) is 22.7 Å². The number of esters is 1. The second-order valence-corrected chi connectivity index (χ2v) is 5.77. The van der Waals surface area contributed by atoms with Crippen LogP contribution in [0.1, 0.15) is 39.0 Å². The van der Waals surface area contributed by atoms with Gasteiger partial charge in [0.25, 0.3) is 0 Å². The predicted molar refractivity (Wildman–Crippen MR) is 86.3 cm³/mol. The summed E-state index contributed by atoms with van der Waals surface area (Å²) in [6, 6.07) is 9.71. The number of fused-ring (bicyclic) bond motifs is 1. The first kappa shape index (κ1) is 16.4. The van der Waals surface area contributed by atoms with E-state index in [0.717, 1.165) is 10.8 Å². The molecule has 0 amide bonds. The van der Waals surface area contributed by atoms with Crippen molar-refractivity contribution in [2.75, 3.05) is 6.61 Å². The number of carbonyl (C=O) groups excluding carboxylic acids is 1. The van der Waals surface area contributed by atoms with Crippen molar-refractivity contribution in [3.63, 3.8) is 0 Å². The number of ether oxygens (including phenoxy) is 1. The molecule has 2 rings (SSSR count). The number of aliphatic hydroxyl groups is 1. The van der Waals surface area contributed by atoms with Gasteiger partial charge in [-0.2, -0.15) is 0 Å². The quantitative estimate of drug-likeness (QED) is 0.830. The van der Waals surface area contributed by atoms with Gasteiger partial charge in [-0.1, -0.05) is 38.1 Å². The number of benzene rings is 1. The first-order chi connectivity index (χ1) is 10.5. The molecule has 0 aliphatic rings. The van der Waals surface area contributed by atoms with Gasteiger partial charge in [0.2, 0.25) is 0 Å². The van der Waals surface area contributed by atoms with E-state index in [1.165, 1.54) is 0 Å². The Balaban J connectivity index is 2.25. The van der Waals surface area contributed by atoms with Crippen LogP contribution in [-0.2, 0) is 9.53 Å². The SMILES string of the molecule is CCOC(=O)C(CC(O)c1nccc2ccccc12)C(C)C. The lowest BCUT2D eigenvalue weighted by Crippen LogP contribution is -2.25. The van der Waals surface area contributed by atoms with Crippen LogP contribution in [0.2, 0.25) is 0 Å². The Labute approximate surface area is 131 Å². The highest BCUT2D eigenvalue weighted by Gasteiger charge is 2.28. The van der Waals surface area contributed by atoms with Crippen molar-refractivity contribution in [1.29, 1.82) is 0 Å². The lowest BCUT2D eigenvalue weighted by Gasteiger charge is -2.22. The number of carbonyl (C=O) groups is 1. The molecule has 2 unspecified atom stereocenters. The van der Waals surface area contributed by atoms with Gasteiger partial charge < -0.3 is 9.84 Å². The summed E-state index contributed by atoms with van der Waals surface area (Å²) in [5.41, 5.74) is 0.619. The van der Waals surface area contributed by atoms with Crippen LogP contribution in [0, 0.1) is 11.8 Å². The van der Waals surface area contributed by atoms with Gasteiger partial charge >= 0.3 is 5.97 Å². The zero-order chi connectivity index (χ0) is 16.1. The Bertz CT molecular complexity index is 634. The highest BCUT2D eigenvalue weighted by Crippen LogP contribution is 2.29. The molecule has 0 radical (unpaired) electrons. The molecule has 1 N–H and O–H groups in total. The third-order valence-corrected chi connectivity index (χ3v) is 3.89. The zero-order valence-electron chi connectivity index (χ0n) is 13.3. The van der Waals surface area contributed by atoms with Crippen molar-refractivity contribution in [1.82, 2.24) is 4.98 Å². The molecule has 0 aliphatic carbocycles. The first-order valence-corrected chi connectivity index (χ1v) is 7.73. The summed E-state index contributed by atoms with van der Waals surface area (Å²) in [6.07, 6.45) is 1.22. The van der Waals surface area contributed by atoms with Gasteiger partial charge in [0, 0.05) is 11.6 Å². The molecule has 0 aliphatic heterocycles. The van der Waals surface area contributed by atoms with E-state index in [4.69, 9.17) is 4.74 Å². The Morgan fingerprint density at radius 1 is 1.27 bits per heavy atom. The summed E-state index contributed by atoms with van der Waals surface area (Å²) in [5, 5.41) is 12.5. The van der Waals surface area contributed by atoms with E-state index >= 15 is 0 Å². The van der Waals surface area contributed by atoms with E-state index in [2.05, 4.69) is 4.98 Å². The van der Waals surface area contributed by atoms with E-state index in [1.807, 2.05) is 44.2 Å². The number of hydrogen-bond acceptors (Lipinski definition) is 4. The molecule has 4 nitrogen and oxygen atoms in total. The van der Waals surface area contributed by atoms with Gasteiger partial charge in [-0.05, 0) is 30.7 Å². The molecule has 0 fully saturated rings. The minimum atomic E-state index is -0.789. The van der Waals surface area contributed by atoms with E-state index in [-0.39, 0.29) is 17.8 Å². The van der Waals surface area contributed by atoms with E-state index in [9.17, 15) is 9.90 Å². The fourth-order valence-corrected chi connectivity index (χ4v) is 2.65. The smallest absolute Gasteiger partial charge is 0.309 e. The Kier molecular flexibility index (Phi) is 5.50. The number of nitrogens with zero attached hydrogens (tertiary/aromatic N) is 1. The van der Waals surface area contributed by atoms with E-state index in [0.29, 0.717) is 18.7 Å². The van der Waals surface area contributed by atoms with Gasteiger partial charge in [0.15, 0.2) is 0 Å². The number of aliphatic hydroxyl groups excluding tert-OH is 1. The van der Waals surface area contributed by atoms with Crippen LogP contribution in [0.25, 0.3) is 10.8 Å². The van der Waals surface area contributed by atoms with Crippen LogP contribution >= 0.6 is 0 Å². The highest BCUT2D eigenvalue weighted by molar-refractivity contribution is 5.84. The number of hydrogen-bond donors (Lipinski definition) is 1. The predicted octanol–water partition coefficient (Wildman–Crippen LogP) is 3.49. The molecule has 1 heterocycles. The number of aromatic nitrogens is 1. The van der Waals surface area contributed by atoms with E-state index in [1.54, 1.807) is 13.1 Å². The molecule has 22 heavy (non-hydrogen) atoms. The summed E-state index contributed by atoms with van der Waals surface area (Å²) in [4.78, 5) is 16.4. The molecule has 1 aromatic heterocycles. The number of pyridine rings is 1. The third kappa shape index (κ3) is 3.63. The average Bonchev–Trinajstić information content (AvgIpc) is 2.51. The van der Waals surface area contributed by atoms with Gasteiger partial charge in [-0.25, -0.2) is 0 Å². The second-order valence-electron chi connectivity index (χ2n) is 5.77. The summed E-state index contributed by atoms with van der Waals surface area (Å²) >= 11 is 0. The third-order valence-electron chi connectivity index (χ3n) is 3.89. The molecule has 2 aromatic rings. The Morgan fingerprint density at radius 2 is 2.00 bits per heavy atom. The van der Waals surface area contributed by atoms with E-state index < -0.39 is 6.10 Å². The Morgan fingerprint density at radius 3 is 2.68 bits per heavy atom. The largest absolute Gasteiger partial charge is 0.466 e. The van der Waals surface area contributed by atoms with Crippen LogP contribution < -0.4 is 0 Å². The number of rotatable bonds is 6. The average molecular weight is 301 g/mol. The molecule has 4 heteroatoms. The maximum atomic E-state index is 12.1. The molecule has 2 atom stereocenters. The van der Waals surface area contributed by atoms with Crippen LogP contribution in [0.5, 0.6) is 0 Å². The maximum absolute atomic E-state index is 12.1. The fraction of sp³-hybridized carbons (Fsp3) is 0.444. The minimum absolute atomic E-state index is 0.101. The minimum Gasteiger partial charge on any atom is -0.466 e. The van der Waals surface area contributed by atoms with Crippen LogP contribution in [0.3, 0.4) is 0 Å². The van der Waals surface area contributed by atoms with Gasteiger partial charge in [0.05, 0.1) is 24.3 Å². The standard InChI is InChI=1S/C18H23NO3/c1-4-22-18(21)15(12(2)3)11-16(20)17-14-8-6-5-7-13(14)9-10-19-17/h5-10,12,15-16,20H,4,11H2,1-3H3. The molecule has 1 aromatic carbocycles.